The number of hydrogen-bond donors (Lipinski definition) is 2. The van der Waals surface area contributed by atoms with E-state index < -0.39 is 0 Å². The van der Waals surface area contributed by atoms with Gasteiger partial charge in [-0.05, 0) is 36.5 Å². The summed E-state index contributed by atoms with van der Waals surface area (Å²) < 4.78 is 6.49. The lowest BCUT2D eigenvalue weighted by Crippen LogP contribution is -2.53. The summed E-state index contributed by atoms with van der Waals surface area (Å²) >= 11 is 3.51. The van der Waals surface area contributed by atoms with Gasteiger partial charge in [-0.25, -0.2) is 0 Å². The van der Waals surface area contributed by atoms with Gasteiger partial charge in [-0.2, -0.15) is 0 Å². The summed E-state index contributed by atoms with van der Waals surface area (Å²) in [5.74, 6) is 0.420. The number of nitrogens with one attached hydrogen (secondary N) is 1. The van der Waals surface area contributed by atoms with Crippen LogP contribution < -0.4 is 5.32 Å². The first-order valence-corrected chi connectivity index (χ1v) is 7.64. The Kier molecular flexibility index (Phi) is 5.39. The molecule has 2 rings (SSSR count). The van der Waals surface area contributed by atoms with Gasteiger partial charge in [-0.1, -0.05) is 35.0 Å². The average molecular weight is 328 g/mol. The quantitative estimate of drug-likeness (QED) is 0.873. The van der Waals surface area contributed by atoms with Crippen molar-refractivity contribution in [2.24, 2.45) is 0 Å². The summed E-state index contributed by atoms with van der Waals surface area (Å²) in [6.07, 6.45) is 1.77. The molecule has 1 saturated heterocycles. The maximum absolute atomic E-state index is 9.64. The van der Waals surface area contributed by atoms with Gasteiger partial charge in [0.2, 0.25) is 0 Å². The minimum absolute atomic E-state index is 0.154. The van der Waals surface area contributed by atoms with Gasteiger partial charge >= 0.3 is 0 Å². The van der Waals surface area contributed by atoms with E-state index in [4.69, 9.17) is 4.74 Å². The average Bonchev–Trinajstić information content (AvgIpc) is 2.46. The van der Waals surface area contributed by atoms with Gasteiger partial charge in [0.15, 0.2) is 0 Å². The third-order valence-corrected chi connectivity index (χ3v) is 4.45. The minimum Gasteiger partial charge on any atom is -0.394 e. The standard InChI is InChI=1S/C15H22BrNO2/c1-12(13-3-2-4-14(16)9-13)10-17-15(11-18)5-7-19-8-6-15/h2-4,9,12,17-18H,5-8,10-11H2,1H3. The second kappa shape index (κ2) is 6.84. The molecule has 19 heavy (non-hydrogen) atoms. The Morgan fingerprint density at radius 1 is 1.42 bits per heavy atom. The topological polar surface area (TPSA) is 41.5 Å². The number of aliphatic hydroxyl groups excluding tert-OH is 1. The van der Waals surface area contributed by atoms with Crippen molar-refractivity contribution in [2.75, 3.05) is 26.4 Å². The fourth-order valence-electron chi connectivity index (χ4n) is 2.45. The molecule has 3 nitrogen and oxygen atoms in total. The third kappa shape index (κ3) is 4.02. The Balaban J connectivity index is 1.93. The van der Waals surface area contributed by atoms with Crippen LogP contribution >= 0.6 is 15.9 Å². The monoisotopic (exact) mass is 327 g/mol. The molecule has 0 spiro atoms. The molecule has 2 N–H and O–H groups in total. The van der Waals surface area contributed by atoms with E-state index in [1.165, 1.54) is 5.56 Å². The molecular weight excluding hydrogens is 306 g/mol. The Bertz CT molecular complexity index is 405. The van der Waals surface area contributed by atoms with Crippen LogP contribution in [0.15, 0.2) is 28.7 Å². The molecule has 1 heterocycles. The van der Waals surface area contributed by atoms with Crippen molar-refractivity contribution in [3.05, 3.63) is 34.3 Å². The van der Waals surface area contributed by atoms with Crippen LogP contribution in [0.5, 0.6) is 0 Å². The SMILES string of the molecule is CC(CNC1(CO)CCOCC1)c1cccc(Br)c1. The van der Waals surface area contributed by atoms with E-state index in [0.717, 1.165) is 37.1 Å². The molecule has 1 atom stereocenters. The zero-order valence-electron chi connectivity index (χ0n) is 11.4. The molecule has 4 heteroatoms. The van der Waals surface area contributed by atoms with Crippen molar-refractivity contribution in [3.8, 4) is 0 Å². The van der Waals surface area contributed by atoms with Crippen LogP contribution in [0.25, 0.3) is 0 Å². The molecule has 1 fully saturated rings. The summed E-state index contributed by atoms with van der Waals surface area (Å²) in [6, 6.07) is 8.40. The van der Waals surface area contributed by atoms with Crippen LogP contribution in [-0.4, -0.2) is 37.0 Å². The first-order chi connectivity index (χ1) is 9.15. The molecule has 0 radical (unpaired) electrons. The smallest absolute Gasteiger partial charge is 0.0615 e. The van der Waals surface area contributed by atoms with Crippen molar-refractivity contribution in [1.82, 2.24) is 5.32 Å². The van der Waals surface area contributed by atoms with E-state index in [0.29, 0.717) is 5.92 Å². The lowest BCUT2D eigenvalue weighted by molar-refractivity contribution is 0.0116. The van der Waals surface area contributed by atoms with E-state index in [2.05, 4.69) is 46.4 Å². The van der Waals surface area contributed by atoms with Crippen LogP contribution in [0.2, 0.25) is 0 Å². The van der Waals surface area contributed by atoms with Gasteiger partial charge < -0.3 is 15.2 Å². The molecule has 1 aliphatic rings. The number of rotatable bonds is 5. The molecular formula is C15H22BrNO2. The lowest BCUT2D eigenvalue weighted by atomic mass is 9.89. The lowest BCUT2D eigenvalue weighted by Gasteiger charge is -2.37. The number of benzene rings is 1. The molecule has 0 bridgehead atoms. The maximum atomic E-state index is 9.64. The van der Waals surface area contributed by atoms with E-state index in [-0.39, 0.29) is 12.1 Å². The van der Waals surface area contributed by atoms with Crippen LogP contribution in [0.4, 0.5) is 0 Å². The zero-order chi connectivity index (χ0) is 13.7. The first-order valence-electron chi connectivity index (χ1n) is 6.84. The van der Waals surface area contributed by atoms with Crippen LogP contribution in [0.3, 0.4) is 0 Å². The largest absolute Gasteiger partial charge is 0.394 e. The van der Waals surface area contributed by atoms with E-state index in [1.807, 2.05) is 6.07 Å². The molecule has 0 saturated carbocycles. The molecule has 0 aromatic heterocycles. The van der Waals surface area contributed by atoms with Gasteiger partial charge in [-0.15, -0.1) is 0 Å². The highest BCUT2D eigenvalue weighted by Gasteiger charge is 2.31. The highest BCUT2D eigenvalue weighted by atomic mass is 79.9. The Morgan fingerprint density at radius 3 is 2.79 bits per heavy atom. The van der Waals surface area contributed by atoms with Crippen LogP contribution in [-0.2, 0) is 4.74 Å². The Hall–Kier alpha value is -0.420. The van der Waals surface area contributed by atoms with Gasteiger partial charge in [-0.3, -0.25) is 0 Å². The zero-order valence-corrected chi connectivity index (χ0v) is 12.9. The summed E-state index contributed by atoms with van der Waals surface area (Å²) in [5.41, 5.74) is 1.15. The van der Waals surface area contributed by atoms with Crippen molar-refractivity contribution in [1.29, 1.82) is 0 Å². The number of halogens is 1. The summed E-state index contributed by atoms with van der Waals surface area (Å²) in [7, 11) is 0. The number of ether oxygens (including phenoxy) is 1. The summed E-state index contributed by atoms with van der Waals surface area (Å²) in [6.45, 7) is 4.73. The van der Waals surface area contributed by atoms with Gasteiger partial charge in [0.25, 0.3) is 0 Å². The van der Waals surface area contributed by atoms with Gasteiger partial charge in [0.1, 0.15) is 0 Å². The van der Waals surface area contributed by atoms with Crippen molar-refractivity contribution >= 4 is 15.9 Å². The normalized spacial score (nSPS) is 20.2. The molecule has 1 aliphatic heterocycles. The highest BCUT2D eigenvalue weighted by Crippen LogP contribution is 2.23. The van der Waals surface area contributed by atoms with E-state index >= 15 is 0 Å². The van der Waals surface area contributed by atoms with Crippen molar-refractivity contribution < 1.29 is 9.84 Å². The van der Waals surface area contributed by atoms with Crippen LogP contribution in [0, 0.1) is 0 Å². The van der Waals surface area contributed by atoms with Gasteiger partial charge in [0, 0.05) is 29.8 Å². The predicted molar refractivity (Wildman–Crippen MR) is 80.4 cm³/mol. The fraction of sp³-hybridized carbons (Fsp3) is 0.600. The molecule has 1 aromatic rings. The predicted octanol–water partition coefficient (Wildman–Crippen LogP) is 2.68. The van der Waals surface area contributed by atoms with E-state index in [1.54, 1.807) is 0 Å². The van der Waals surface area contributed by atoms with Crippen molar-refractivity contribution in [2.45, 2.75) is 31.2 Å². The van der Waals surface area contributed by atoms with Crippen LogP contribution in [0.1, 0.15) is 31.2 Å². The molecule has 0 amide bonds. The second-order valence-electron chi connectivity index (χ2n) is 5.39. The highest BCUT2D eigenvalue weighted by molar-refractivity contribution is 9.10. The van der Waals surface area contributed by atoms with Crippen molar-refractivity contribution in [3.63, 3.8) is 0 Å². The molecule has 0 aliphatic carbocycles. The molecule has 106 valence electrons. The summed E-state index contributed by atoms with van der Waals surface area (Å²) in [5, 5.41) is 13.2. The molecule has 1 aromatic carbocycles. The molecule has 1 unspecified atom stereocenters. The number of hydrogen-bond acceptors (Lipinski definition) is 3. The van der Waals surface area contributed by atoms with E-state index in [9.17, 15) is 5.11 Å². The minimum atomic E-state index is -0.154. The fourth-order valence-corrected chi connectivity index (χ4v) is 2.87. The summed E-state index contributed by atoms with van der Waals surface area (Å²) in [4.78, 5) is 0. The maximum Gasteiger partial charge on any atom is 0.0615 e. The first kappa shape index (κ1) is 15.0. The Morgan fingerprint density at radius 2 is 2.16 bits per heavy atom. The Labute approximate surface area is 123 Å². The van der Waals surface area contributed by atoms with Gasteiger partial charge in [0.05, 0.1) is 6.61 Å². The third-order valence-electron chi connectivity index (χ3n) is 3.95. The second-order valence-corrected chi connectivity index (χ2v) is 6.30. The number of aliphatic hydroxyl groups is 1.